The Morgan fingerprint density at radius 2 is 2.47 bits per heavy atom. The van der Waals surface area contributed by atoms with Crippen molar-refractivity contribution >= 4 is 11.5 Å². The lowest BCUT2D eigenvalue weighted by molar-refractivity contribution is -0.118. The van der Waals surface area contributed by atoms with Crippen molar-refractivity contribution in [2.24, 2.45) is 0 Å². The Morgan fingerprint density at radius 3 is 3.27 bits per heavy atom. The van der Waals surface area contributed by atoms with Gasteiger partial charge in [-0.05, 0) is 25.5 Å². The van der Waals surface area contributed by atoms with E-state index in [0.717, 1.165) is 17.8 Å². The highest BCUT2D eigenvalue weighted by Crippen LogP contribution is 2.39. The number of carbonyl (C=O) groups excluding carboxylic acids is 1. The molecule has 1 aromatic rings. The van der Waals surface area contributed by atoms with E-state index >= 15 is 0 Å². The van der Waals surface area contributed by atoms with Gasteiger partial charge in [0, 0.05) is 12.1 Å². The average molecular weight is 203 g/mol. The Labute approximate surface area is 88.1 Å². The van der Waals surface area contributed by atoms with Crippen LogP contribution in [0.5, 0.6) is 0 Å². The molecule has 3 rings (SSSR count). The first kappa shape index (κ1) is 8.85. The van der Waals surface area contributed by atoms with Gasteiger partial charge in [0.05, 0.1) is 23.6 Å². The summed E-state index contributed by atoms with van der Waals surface area (Å²) in [5.41, 5.74) is 2.20. The van der Waals surface area contributed by atoms with Crippen LogP contribution in [0.15, 0.2) is 18.3 Å². The summed E-state index contributed by atoms with van der Waals surface area (Å²) in [5.74, 6) is 0.554. The molecule has 3 unspecified atom stereocenters. The topological polar surface area (TPSA) is 54.0 Å². The summed E-state index contributed by atoms with van der Waals surface area (Å²) in [7, 11) is 0. The van der Waals surface area contributed by atoms with Crippen LogP contribution in [0.1, 0.15) is 25.0 Å². The van der Waals surface area contributed by atoms with Crippen LogP contribution in [0.3, 0.4) is 0 Å². The lowest BCUT2D eigenvalue weighted by Gasteiger charge is -2.11. The number of hydrogen-bond donors (Lipinski definition) is 2. The number of Topliss-reactive ketones (excluding diaryl/α,β-unsaturated/α-hetero) is 1. The largest absolute Gasteiger partial charge is 0.368 e. The van der Waals surface area contributed by atoms with Gasteiger partial charge in [0.15, 0.2) is 0 Å². The van der Waals surface area contributed by atoms with Crippen LogP contribution in [0.4, 0.5) is 5.69 Å². The van der Waals surface area contributed by atoms with E-state index in [9.17, 15) is 4.79 Å². The van der Waals surface area contributed by atoms with Gasteiger partial charge in [-0.2, -0.15) is 0 Å². The molecule has 3 heterocycles. The molecule has 78 valence electrons. The van der Waals surface area contributed by atoms with Crippen molar-refractivity contribution in [3.63, 3.8) is 0 Å². The molecule has 15 heavy (non-hydrogen) atoms. The number of rotatable bonds is 1. The van der Waals surface area contributed by atoms with Crippen LogP contribution >= 0.6 is 0 Å². The Morgan fingerprint density at radius 1 is 1.60 bits per heavy atom. The third-order valence-corrected chi connectivity index (χ3v) is 3.26. The number of carbonyl (C=O) groups is 1. The summed E-state index contributed by atoms with van der Waals surface area (Å²) < 4.78 is 0. The molecule has 2 aliphatic heterocycles. The molecule has 0 bridgehead atoms. The molecule has 0 saturated carbocycles. The number of nitrogens with one attached hydrogen (secondary N) is 2. The first-order valence-corrected chi connectivity index (χ1v) is 5.23. The van der Waals surface area contributed by atoms with Gasteiger partial charge in [0.1, 0.15) is 5.78 Å². The highest BCUT2D eigenvalue weighted by atomic mass is 16.1. The van der Waals surface area contributed by atoms with Gasteiger partial charge in [-0.1, -0.05) is 0 Å². The van der Waals surface area contributed by atoms with Crippen molar-refractivity contribution in [1.29, 1.82) is 0 Å². The lowest BCUT2D eigenvalue weighted by atomic mass is 10.00. The van der Waals surface area contributed by atoms with Gasteiger partial charge in [-0.25, -0.2) is 0 Å². The highest BCUT2D eigenvalue weighted by Gasteiger charge is 2.42. The normalized spacial score (nSPS) is 31.9. The minimum absolute atomic E-state index is 0.0114. The lowest BCUT2D eigenvalue weighted by Crippen LogP contribution is -2.37. The minimum Gasteiger partial charge on any atom is -0.368 e. The summed E-state index contributed by atoms with van der Waals surface area (Å²) in [5, 5.41) is 6.65. The Hall–Kier alpha value is -1.42. The fraction of sp³-hybridized carbons (Fsp3) is 0.455. The molecular formula is C11H13N3O. The second kappa shape index (κ2) is 3.03. The van der Waals surface area contributed by atoms with Crippen molar-refractivity contribution < 1.29 is 4.79 Å². The molecule has 1 saturated heterocycles. The molecule has 2 N–H and O–H groups in total. The maximum absolute atomic E-state index is 11.3. The first-order valence-electron chi connectivity index (χ1n) is 5.23. The maximum atomic E-state index is 11.3. The van der Waals surface area contributed by atoms with Crippen molar-refractivity contribution in [3.05, 3.63) is 24.0 Å². The molecule has 1 fully saturated rings. The summed E-state index contributed by atoms with van der Waals surface area (Å²) in [6.45, 7) is 1.64. The van der Waals surface area contributed by atoms with Gasteiger partial charge < -0.3 is 5.32 Å². The van der Waals surface area contributed by atoms with Crippen molar-refractivity contribution in [1.82, 2.24) is 10.3 Å². The number of pyridine rings is 1. The van der Waals surface area contributed by atoms with E-state index in [4.69, 9.17) is 0 Å². The number of anilines is 1. The van der Waals surface area contributed by atoms with Gasteiger partial charge >= 0.3 is 0 Å². The summed E-state index contributed by atoms with van der Waals surface area (Å²) in [6.07, 6.45) is 2.85. The molecule has 0 aliphatic carbocycles. The van der Waals surface area contributed by atoms with Gasteiger partial charge in [0.25, 0.3) is 0 Å². The monoisotopic (exact) mass is 203 g/mol. The SMILES string of the molecule is CC(=O)C1CC2c3ncccc3NC2N1. The zero-order chi connectivity index (χ0) is 10.4. The number of ketones is 1. The zero-order valence-electron chi connectivity index (χ0n) is 8.53. The molecule has 0 radical (unpaired) electrons. The zero-order valence-corrected chi connectivity index (χ0v) is 8.53. The van der Waals surface area contributed by atoms with Crippen molar-refractivity contribution in [2.45, 2.75) is 31.5 Å². The van der Waals surface area contributed by atoms with Gasteiger partial charge in [-0.15, -0.1) is 0 Å². The van der Waals surface area contributed by atoms with Crippen LogP contribution in [-0.4, -0.2) is 23.0 Å². The molecule has 4 nitrogen and oxygen atoms in total. The number of aromatic nitrogens is 1. The third-order valence-electron chi connectivity index (χ3n) is 3.26. The Kier molecular flexibility index (Phi) is 1.79. The van der Waals surface area contributed by atoms with E-state index in [1.54, 1.807) is 6.92 Å². The molecule has 0 amide bonds. The van der Waals surface area contributed by atoms with E-state index in [1.807, 2.05) is 18.3 Å². The van der Waals surface area contributed by atoms with Crippen LogP contribution in [-0.2, 0) is 4.79 Å². The van der Waals surface area contributed by atoms with Crippen LogP contribution in [0.25, 0.3) is 0 Å². The minimum atomic E-state index is -0.0114. The summed E-state index contributed by atoms with van der Waals surface area (Å²) in [6, 6.07) is 3.95. The average Bonchev–Trinajstić information content (AvgIpc) is 2.73. The molecule has 2 aliphatic rings. The summed E-state index contributed by atoms with van der Waals surface area (Å²) in [4.78, 5) is 15.7. The Bertz CT molecular complexity index is 418. The van der Waals surface area contributed by atoms with E-state index in [0.29, 0.717) is 5.92 Å². The maximum Gasteiger partial charge on any atom is 0.146 e. The first-order chi connectivity index (χ1) is 7.25. The fourth-order valence-corrected chi connectivity index (χ4v) is 2.49. The second-order valence-corrected chi connectivity index (χ2v) is 4.23. The molecular weight excluding hydrogens is 190 g/mol. The van der Waals surface area contributed by atoms with E-state index in [-0.39, 0.29) is 18.0 Å². The smallest absolute Gasteiger partial charge is 0.146 e. The van der Waals surface area contributed by atoms with Crippen LogP contribution in [0.2, 0.25) is 0 Å². The Balaban J connectivity index is 1.91. The van der Waals surface area contributed by atoms with E-state index in [1.165, 1.54) is 0 Å². The van der Waals surface area contributed by atoms with E-state index < -0.39 is 0 Å². The van der Waals surface area contributed by atoms with Gasteiger partial charge in [-0.3, -0.25) is 15.1 Å². The van der Waals surface area contributed by atoms with Crippen LogP contribution in [0, 0.1) is 0 Å². The van der Waals surface area contributed by atoms with Crippen molar-refractivity contribution in [3.8, 4) is 0 Å². The highest BCUT2D eigenvalue weighted by molar-refractivity contribution is 5.82. The summed E-state index contributed by atoms with van der Waals surface area (Å²) >= 11 is 0. The predicted octanol–water partition coefficient (Wildman–Crippen LogP) is 0.868. The number of nitrogens with zero attached hydrogens (tertiary/aromatic N) is 1. The molecule has 1 aromatic heterocycles. The molecule has 0 spiro atoms. The van der Waals surface area contributed by atoms with E-state index in [2.05, 4.69) is 15.6 Å². The standard InChI is InChI=1S/C11H13N3O/c1-6(15)9-5-7-10-8(3-2-4-12-10)13-11(7)14-9/h2-4,7,9,11,13-14H,5H2,1H3. The third kappa shape index (κ3) is 1.25. The fourth-order valence-electron chi connectivity index (χ4n) is 2.49. The second-order valence-electron chi connectivity index (χ2n) is 4.23. The molecule has 4 heteroatoms. The molecule has 0 aromatic carbocycles. The number of hydrogen-bond acceptors (Lipinski definition) is 4. The quantitative estimate of drug-likeness (QED) is 0.711. The van der Waals surface area contributed by atoms with Crippen molar-refractivity contribution in [2.75, 3.05) is 5.32 Å². The van der Waals surface area contributed by atoms with Gasteiger partial charge in [0.2, 0.25) is 0 Å². The molecule has 3 atom stereocenters. The number of fused-ring (bicyclic) bond motifs is 3. The van der Waals surface area contributed by atoms with Crippen LogP contribution < -0.4 is 10.6 Å². The predicted molar refractivity (Wildman–Crippen MR) is 56.6 cm³/mol.